The monoisotopic (exact) mass is 318 g/mol. The van der Waals surface area contributed by atoms with Gasteiger partial charge >= 0.3 is 0 Å². The van der Waals surface area contributed by atoms with Crippen molar-refractivity contribution in [2.24, 2.45) is 0 Å². The third-order valence-electron chi connectivity index (χ3n) is 4.14. The van der Waals surface area contributed by atoms with Gasteiger partial charge in [-0.1, -0.05) is 11.9 Å². The molecule has 1 aromatic rings. The van der Waals surface area contributed by atoms with Crippen LogP contribution in [0.15, 0.2) is 41.2 Å². The van der Waals surface area contributed by atoms with E-state index in [1.54, 1.807) is 31.7 Å². The summed E-state index contributed by atoms with van der Waals surface area (Å²) in [4.78, 5) is 0. The Kier molecular flexibility index (Phi) is 4.52. The molecule has 1 heterocycles. The normalized spacial score (nSPS) is 17.2. The van der Waals surface area contributed by atoms with E-state index in [1.165, 1.54) is 24.1 Å². The SMILES string of the molecule is COc1cc(NC2=CN(SC)CC3=C2CCC3)cc(OC)c1. The van der Waals surface area contributed by atoms with E-state index in [9.17, 15) is 0 Å². The maximum absolute atomic E-state index is 5.35. The van der Waals surface area contributed by atoms with E-state index in [0.29, 0.717) is 0 Å². The molecular weight excluding hydrogens is 296 g/mol. The smallest absolute Gasteiger partial charge is 0.124 e. The first-order chi connectivity index (χ1) is 10.7. The molecule has 1 aliphatic carbocycles. The predicted molar refractivity (Wildman–Crippen MR) is 92.3 cm³/mol. The quantitative estimate of drug-likeness (QED) is 0.829. The molecule has 1 N–H and O–H groups in total. The number of ether oxygens (including phenoxy) is 2. The van der Waals surface area contributed by atoms with Gasteiger partial charge in [-0.05, 0) is 30.4 Å². The van der Waals surface area contributed by atoms with Crippen LogP contribution < -0.4 is 14.8 Å². The van der Waals surface area contributed by atoms with E-state index < -0.39 is 0 Å². The Morgan fingerprint density at radius 1 is 1.09 bits per heavy atom. The number of allylic oxidation sites excluding steroid dienone is 1. The summed E-state index contributed by atoms with van der Waals surface area (Å²) >= 11 is 1.76. The van der Waals surface area contributed by atoms with Gasteiger partial charge in [0.2, 0.25) is 0 Å². The van der Waals surface area contributed by atoms with Crippen LogP contribution >= 0.6 is 11.9 Å². The minimum Gasteiger partial charge on any atom is -0.497 e. The first kappa shape index (κ1) is 15.2. The van der Waals surface area contributed by atoms with Crippen molar-refractivity contribution in [3.8, 4) is 11.5 Å². The molecule has 1 aromatic carbocycles. The van der Waals surface area contributed by atoms with E-state index in [-0.39, 0.29) is 0 Å². The molecule has 22 heavy (non-hydrogen) atoms. The van der Waals surface area contributed by atoms with Crippen LogP contribution in [0.5, 0.6) is 11.5 Å². The Balaban J connectivity index is 1.89. The molecule has 118 valence electrons. The van der Waals surface area contributed by atoms with Gasteiger partial charge in [-0.15, -0.1) is 0 Å². The van der Waals surface area contributed by atoms with Crippen molar-refractivity contribution in [1.82, 2.24) is 4.31 Å². The highest BCUT2D eigenvalue weighted by molar-refractivity contribution is 7.96. The van der Waals surface area contributed by atoms with Crippen molar-refractivity contribution in [2.75, 3.05) is 32.3 Å². The van der Waals surface area contributed by atoms with Crippen LogP contribution in [0.1, 0.15) is 19.3 Å². The highest BCUT2D eigenvalue weighted by atomic mass is 32.2. The molecule has 0 radical (unpaired) electrons. The van der Waals surface area contributed by atoms with E-state index in [1.807, 2.05) is 18.2 Å². The van der Waals surface area contributed by atoms with Crippen LogP contribution in [0.25, 0.3) is 0 Å². The Morgan fingerprint density at radius 2 is 1.82 bits per heavy atom. The highest BCUT2D eigenvalue weighted by Crippen LogP contribution is 2.37. The van der Waals surface area contributed by atoms with Gasteiger partial charge in [-0.2, -0.15) is 0 Å². The first-order valence-electron chi connectivity index (χ1n) is 7.47. The summed E-state index contributed by atoms with van der Waals surface area (Å²) in [6.45, 7) is 1.04. The summed E-state index contributed by atoms with van der Waals surface area (Å²) in [5.74, 6) is 1.58. The zero-order valence-electron chi connectivity index (χ0n) is 13.3. The van der Waals surface area contributed by atoms with Crippen LogP contribution in [0.2, 0.25) is 0 Å². The number of hydrogen-bond donors (Lipinski definition) is 1. The number of nitrogens with zero attached hydrogens (tertiary/aromatic N) is 1. The molecule has 3 rings (SSSR count). The Morgan fingerprint density at radius 3 is 2.45 bits per heavy atom. The number of rotatable bonds is 5. The molecule has 0 saturated heterocycles. The van der Waals surface area contributed by atoms with Crippen LogP contribution in [-0.2, 0) is 0 Å². The van der Waals surface area contributed by atoms with E-state index in [2.05, 4.69) is 22.1 Å². The molecule has 0 unspecified atom stereocenters. The molecule has 0 saturated carbocycles. The van der Waals surface area contributed by atoms with Crippen LogP contribution in [0.4, 0.5) is 5.69 Å². The summed E-state index contributed by atoms with van der Waals surface area (Å²) < 4.78 is 13.0. The lowest BCUT2D eigenvalue weighted by Crippen LogP contribution is -2.20. The Bertz CT molecular complexity index is 603. The minimum atomic E-state index is 0.792. The third-order valence-corrected chi connectivity index (χ3v) is 4.85. The van der Waals surface area contributed by atoms with Crippen molar-refractivity contribution in [2.45, 2.75) is 19.3 Å². The highest BCUT2D eigenvalue weighted by Gasteiger charge is 2.24. The average Bonchev–Trinajstić information content (AvgIpc) is 3.03. The lowest BCUT2D eigenvalue weighted by Gasteiger charge is -2.27. The Hall–Kier alpha value is -1.75. The molecule has 0 bridgehead atoms. The number of hydrogen-bond acceptors (Lipinski definition) is 5. The summed E-state index contributed by atoms with van der Waals surface area (Å²) in [7, 11) is 3.34. The number of methoxy groups -OCH3 is 2. The summed E-state index contributed by atoms with van der Waals surface area (Å²) in [6, 6.07) is 5.88. The van der Waals surface area contributed by atoms with Gasteiger partial charge in [0, 0.05) is 36.3 Å². The predicted octanol–water partition coefficient (Wildman–Crippen LogP) is 4.03. The molecular formula is C17H22N2O2S. The lowest BCUT2D eigenvalue weighted by molar-refractivity contribution is 0.395. The lowest BCUT2D eigenvalue weighted by atomic mass is 10.1. The first-order valence-corrected chi connectivity index (χ1v) is 8.65. The van der Waals surface area contributed by atoms with Crippen LogP contribution in [0.3, 0.4) is 0 Å². The molecule has 0 atom stereocenters. The second kappa shape index (κ2) is 6.57. The van der Waals surface area contributed by atoms with E-state index in [4.69, 9.17) is 9.47 Å². The van der Waals surface area contributed by atoms with Crippen molar-refractivity contribution < 1.29 is 9.47 Å². The molecule has 5 heteroatoms. The van der Waals surface area contributed by atoms with E-state index in [0.717, 1.165) is 30.2 Å². The number of anilines is 1. The number of nitrogens with one attached hydrogen (secondary N) is 1. The molecule has 0 spiro atoms. The van der Waals surface area contributed by atoms with Gasteiger partial charge in [0.25, 0.3) is 0 Å². The molecule has 1 aliphatic heterocycles. The fourth-order valence-electron chi connectivity index (χ4n) is 3.02. The van der Waals surface area contributed by atoms with Gasteiger partial charge in [-0.3, -0.25) is 0 Å². The van der Waals surface area contributed by atoms with Gasteiger partial charge in [0.05, 0.1) is 26.5 Å². The summed E-state index contributed by atoms with van der Waals surface area (Å²) in [6.07, 6.45) is 7.96. The fraction of sp³-hybridized carbons (Fsp3) is 0.412. The maximum atomic E-state index is 5.35. The summed E-state index contributed by atoms with van der Waals surface area (Å²) in [5, 5.41) is 3.55. The van der Waals surface area contributed by atoms with Crippen molar-refractivity contribution >= 4 is 17.6 Å². The van der Waals surface area contributed by atoms with Gasteiger partial charge in [-0.25, -0.2) is 0 Å². The minimum absolute atomic E-state index is 0.792. The Labute approximate surface area is 136 Å². The van der Waals surface area contributed by atoms with Gasteiger partial charge in [0.1, 0.15) is 11.5 Å². The summed E-state index contributed by atoms with van der Waals surface area (Å²) in [5.41, 5.74) is 5.23. The number of benzene rings is 1. The molecule has 0 aromatic heterocycles. The van der Waals surface area contributed by atoms with Crippen LogP contribution in [0, 0.1) is 0 Å². The van der Waals surface area contributed by atoms with Gasteiger partial charge < -0.3 is 19.1 Å². The molecule has 2 aliphatic rings. The van der Waals surface area contributed by atoms with Gasteiger partial charge in [0.15, 0.2) is 0 Å². The maximum Gasteiger partial charge on any atom is 0.124 e. The molecule has 4 nitrogen and oxygen atoms in total. The van der Waals surface area contributed by atoms with Crippen molar-refractivity contribution in [3.05, 3.63) is 41.2 Å². The molecule has 0 amide bonds. The second-order valence-electron chi connectivity index (χ2n) is 5.46. The third kappa shape index (κ3) is 3.04. The zero-order valence-corrected chi connectivity index (χ0v) is 14.1. The zero-order chi connectivity index (χ0) is 15.5. The molecule has 0 fully saturated rings. The van der Waals surface area contributed by atoms with E-state index >= 15 is 0 Å². The van der Waals surface area contributed by atoms with Crippen molar-refractivity contribution in [3.63, 3.8) is 0 Å². The average molecular weight is 318 g/mol. The van der Waals surface area contributed by atoms with Crippen molar-refractivity contribution in [1.29, 1.82) is 0 Å². The fourth-order valence-corrected chi connectivity index (χ4v) is 3.52. The second-order valence-corrected chi connectivity index (χ2v) is 6.30. The largest absolute Gasteiger partial charge is 0.497 e. The van der Waals surface area contributed by atoms with Crippen LogP contribution in [-0.4, -0.2) is 31.3 Å². The topological polar surface area (TPSA) is 33.7 Å². The standard InChI is InChI=1S/C17H22N2O2S/c1-20-14-7-13(8-15(9-14)21-2)18-17-11-19(22-3)10-12-5-4-6-16(12)17/h7-9,11,18H,4-6,10H2,1-3H3.